The average molecular weight is 382 g/mol. The van der Waals surface area contributed by atoms with Gasteiger partial charge in [-0.25, -0.2) is 4.98 Å². The zero-order valence-corrected chi connectivity index (χ0v) is 15.2. The molecule has 26 heavy (non-hydrogen) atoms. The maximum atomic E-state index is 12.0. The molecule has 1 amide bonds. The van der Waals surface area contributed by atoms with Crippen molar-refractivity contribution in [2.45, 2.75) is 10.9 Å². The standard InChI is InChI=1S/C18H14N4O2S2/c23-15(11-25-18-20-13-8-4-5-9-14(13)26-18)19-10-16-21-17(22-24-16)12-6-2-1-3-7-12/h1-9H,10-11H2,(H,19,23). The topological polar surface area (TPSA) is 80.9 Å². The van der Waals surface area contributed by atoms with Gasteiger partial charge in [0.15, 0.2) is 4.34 Å². The Labute approximate surface area is 157 Å². The number of fused-ring (bicyclic) bond motifs is 1. The van der Waals surface area contributed by atoms with Gasteiger partial charge in [0.05, 0.1) is 22.5 Å². The predicted octanol–water partition coefficient (Wildman–Crippen LogP) is 3.75. The van der Waals surface area contributed by atoms with E-state index in [1.807, 2.05) is 54.6 Å². The van der Waals surface area contributed by atoms with Crippen LogP contribution in [0.5, 0.6) is 0 Å². The summed E-state index contributed by atoms with van der Waals surface area (Å²) in [5.74, 6) is 1.08. The van der Waals surface area contributed by atoms with Crippen LogP contribution in [0.1, 0.15) is 5.89 Å². The number of hydrogen-bond donors (Lipinski definition) is 1. The van der Waals surface area contributed by atoms with E-state index in [0.29, 0.717) is 17.5 Å². The normalized spacial score (nSPS) is 10.9. The van der Waals surface area contributed by atoms with Gasteiger partial charge in [0.25, 0.3) is 0 Å². The predicted molar refractivity (Wildman–Crippen MR) is 102 cm³/mol. The van der Waals surface area contributed by atoms with E-state index in [1.165, 1.54) is 11.8 Å². The number of nitrogens with one attached hydrogen (secondary N) is 1. The summed E-state index contributed by atoms with van der Waals surface area (Å²) in [4.78, 5) is 20.8. The van der Waals surface area contributed by atoms with Crippen LogP contribution < -0.4 is 5.32 Å². The Hall–Kier alpha value is -2.71. The Morgan fingerprint density at radius 2 is 1.88 bits per heavy atom. The second kappa shape index (κ2) is 7.67. The quantitative estimate of drug-likeness (QED) is 0.512. The van der Waals surface area contributed by atoms with E-state index in [2.05, 4.69) is 20.4 Å². The highest BCUT2D eigenvalue weighted by Crippen LogP contribution is 2.29. The molecule has 0 saturated heterocycles. The van der Waals surface area contributed by atoms with E-state index in [-0.39, 0.29) is 12.5 Å². The third kappa shape index (κ3) is 3.92. The molecular weight excluding hydrogens is 368 g/mol. The van der Waals surface area contributed by atoms with E-state index < -0.39 is 0 Å². The molecule has 0 aliphatic heterocycles. The summed E-state index contributed by atoms with van der Waals surface area (Å²) in [6.07, 6.45) is 0. The van der Waals surface area contributed by atoms with Gasteiger partial charge >= 0.3 is 0 Å². The fourth-order valence-corrected chi connectivity index (χ4v) is 4.19. The summed E-state index contributed by atoms with van der Waals surface area (Å²) in [6, 6.07) is 17.5. The van der Waals surface area contributed by atoms with E-state index in [4.69, 9.17) is 4.52 Å². The van der Waals surface area contributed by atoms with Crippen LogP contribution in [0.4, 0.5) is 0 Å². The molecule has 2 aromatic heterocycles. The van der Waals surface area contributed by atoms with Crippen LogP contribution in [0.3, 0.4) is 0 Å². The summed E-state index contributed by atoms with van der Waals surface area (Å²) in [5.41, 5.74) is 1.83. The minimum atomic E-state index is -0.103. The number of nitrogens with zero attached hydrogens (tertiary/aromatic N) is 3. The summed E-state index contributed by atoms with van der Waals surface area (Å²) in [7, 11) is 0. The van der Waals surface area contributed by atoms with Crippen molar-refractivity contribution >= 4 is 39.2 Å². The molecule has 8 heteroatoms. The Morgan fingerprint density at radius 1 is 1.08 bits per heavy atom. The minimum absolute atomic E-state index is 0.103. The fraction of sp³-hybridized carbons (Fsp3) is 0.111. The highest BCUT2D eigenvalue weighted by Gasteiger charge is 2.11. The first-order valence-electron chi connectivity index (χ1n) is 7.91. The summed E-state index contributed by atoms with van der Waals surface area (Å²) < 4.78 is 7.18. The molecule has 0 aliphatic carbocycles. The number of carbonyl (C=O) groups is 1. The number of para-hydroxylation sites is 1. The molecule has 0 aliphatic rings. The smallest absolute Gasteiger partial charge is 0.246 e. The van der Waals surface area contributed by atoms with Crippen LogP contribution in [0, 0.1) is 0 Å². The Morgan fingerprint density at radius 3 is 2.73 bits per heavy atom. The third-order valence-electron chi connectivity index (χ3n) is 3.54. The van der Waals surface area contributed by atoms with Crippen LogP contribution >= 0.6 is 23.1 Å². The third-order valence-corrected chi connectivity index (χ3v) is 5.72. The first-order valence-corrected chi connectivity index (χ1v) is 9.71. The summed E-state index contributed by atoms with van der Waals surface area (Å²) in [6.45, 7) is 0.207. The lowest BCUT2D eigenvalue weighted by atomic mass is 10.2. The van der Waals surface area contributed by atoms with Gasteiger partial charge in [0.1, 0.15) is 0 Å². The second-order valence-electron chi connectivity index (χ2n) is 5.39. The number of aromatic nitrogens is 3. The molecule has 0 saturated carbocycles. The summed E-state index contributed by atoms with van der Waals surface area (Å²) in [5, 5.41) is 6.72. The van der Waals surface area contributed by atoms with Gasteiger partial charge in [-0.1, -0.05) is 59.4 Å². The van der Waals surface area contributed by atoms with E-state index >= 15 is 0 Å². The van der Waals surface area contributed by atoms with Gasteiger partial charge in [-0.2, -0.15) is 4.98 Å². The zero-order chi connectivity index (χ0) is 17.8. The van der Waals surface area contributed by atoms with Gasteiger partial charge in [0.2, 0.25) is 17.6 Å². The first kappa shape index (κ1) is 16.7. The van der Waals surface area contributed by atoms with Gasteiger partial charge < -0.3 is 9.84 Å². The largest absolute Gasteiger partial charge is 0.346 e. The number of hydrogen-bond acceptors (Lipinski definition) is 7. The van der Waals surface area contributed by atoms with Crippen molar-refractivity contribution in [1.82, 2.24) is 20.4 Å². The molecule has 0 radical (unpaired) electrons. The molecule has 6 nitrogen and oxygen atoms in total. The molecule has 0 spiro atoms. The van der Waals surface area contributed by atoms with Crippen molar-refractivity contribution in [2.24, 2.45) is 0 Å². The Kier molecular flexibility index (Phi) is 4.94. The highest BCUT2D eigenvalue weighted by molar-refractivity contribution is 8.01. The van der Waals surface area contributed by atoms with Gasteiger partial charge in [-0.05, 0) is 12.1 Å². The van der Waals surface area contributed by atoms with E-state index in [0.717, 1.165) is 20.1 Å². The number of benzene rings is 2. The molecular formula is C18H14N4O2S2. The Balaban J connectivity index is 1.29. The summed E-state index contributed by atoms with van der Waals surface area (Å²) >= 11 is 3.01. The van der Waals surface area contributed by atoms with Gasteiger partial charge in [0, 0.05) is 5.56 Å². The van der Waals surface area contributed by atoms with Crippen LogP contribution in [0.25, 0.3) is 21.6 Å². The lowest BCUT2D eigenvalue weighted by Crippen LogP contribution is -2.24. The number of amides is 1. The highest BCUT2D eigenvalue weighted by atomic mass is 32.2. The second-order valence-corrected chi connectivity index (χ2v) is 7.64. The van der Waals surface area contributed by atoms with Crippen molar-refractivity contribution in [3.8, 4) is 11.4 Å². The SMILES string of the molecule is O=C(CSc1nc2ccccc2s1)NCc1nc(-c2ccccc2)no1. The van der Waals surface area contributed by atoms with Crippen molar-refractivity contribution < 1.29 is 9.32 Å². The van der Waals surface area contributed by atoms with Gasteiger partial charge in [-0.3, -0.25) is 4.79 Å². The number of thioether (sulfide) groups is 1. The zero-order valence-electron chi connectivity index (χ0n) is 13.6. The van der Waals surface area contributed by atoms with Crippen molar-refractivity contribution in [2.75, 3.05) is 5.75 Å². The molecule has 0 bridgehead atoms. The van der Waals surface area contributed by atoms with E-state index in [9.17, 15) is 4.79 Å². The Bertz CT molecular complexity index is 997. The molecule has 0 atom stereocenters. The van der Waals surface area contributed by atoms with E-state index in [1.54, 1.807) is 11.3 Å². The minimum Gasteiger partial charge on any atom is -0.346 e. The average Bonchev–Trinajstić information content (AvgIpc) is 3.32. The first-order chi connectivity index (χ1) is 12.8. The number of thiazole rings is 1. The lowest BCUT2D eigenvalue weighted by Gasteiger charge is -2.00. The monoisotopic (exact) mass is 382 g/mol. The molecule has 1 N–H and O–H groups in total. The van der Waals surface area contributed by atoms with Crippen LogP contribution in [0.15, 0.2) is 63.5 Å². The molecule has 4 aromatic rings. The molecule has 0 fully saturated rings. The number of carbonyl (C=O) groups excluding carboxylic acids is 1. The van der Waals surface area contributed by atoms with Crippen LogP contribution in [-0.2, 0) is 11.3 Å². The van der Waals surface area contributed by atoms with Gasteiger partial charge in [-0.15, -0.1) is 11.3 Å². The maximum absolute atomic E-state index is 12.0. The number of rotatable bonds is 6. The molecule has 2 aromatic carbocycles. The lowest BCUT2D eigenvalue weighted by molar-refractivity contribution is -0.118. The van der Waals surface area contributed by atoms with Crippen molar-refractivity contribution in [3.05, 3.63) is 60.5 Å². The molecule has 0 unspecified atom stereocenters. The van der Waals surface area contributed by atoms with Crippen molar-refractivity contribution in [1.29, 1.82) is 0 Å². The van der Waals surface area contributed by atoms with Crippen LogP contribution in [0.2, 0.25) is 0 Å². The maximum Gasteiger partial charge on any atom is 0.246 e. The molecule has 2 heterocycles. The van der Waals surface area contributed by atoms with Crippen LogP contribution in [-0.4, -0.2) is 26.8 Å². The van der Waals surface area contributed by atoms with Crippen molar-refractivity contribution in [3.63, 3.8) is 0 Å². The fourth-order valence-electron chi connectivity index (χ4n) is 2.30. The molecule has 130 valence electrons. The molecule has 4 rings (SSSR count).